The Labute approximate surface area is 120 Å². The van der Waals surface area contributed by atoms with Gasteiger partial charge in [0.25, 0.3) is 0 Å². The quantitative estimate of drug-likeness (QED) is 0.896. The first-order valence-electron chi connectivity index (χ1n) is 5.43. The summed E-state index contributed by atoms with van der Waals surface area (Å²) in [5.74, 6) is 0.679. The minimum Gasteiger partial charge on any atom is -0.493 e. The summed E-state index contributed by atoms with van der Waals surface area (Å²) in [6.07, 6.45) is 0. The first-order valence-corrected chi connectivity index (χ1v) is 7.00. The molecule has 2 nitrogen and oxygen atoms in total. The van der Waals surface area contributed by atoms with E-state index in [9.17, 15) is 5.11 Å². The van der Waals surface area contributed by atoms with Crippen molar-refractivity contribution in [3.05, 3.63) is 50.6 Å². The molecule has 18 heavy (non-hydrogen) atoms. The van der Waals surface area contributed by atoms with E-state index < -0.39 is 0 Å². The lowest BCUT2D eigenvalue weighted by Gasteiger charge is -2.13. The Morgan fingerprint density at radius 3 is 2.39 bits per heavy atom. The number of ether oxygens (including phenoxy) is 1. The third kappa shape index (κ3) is 3.62. The van der Waals surface area contributed by atoms with Crippen molar-refractivity contribution < 1.29 is 9.84 Å². The van der Waals surface area contributed by atoms with E-state index in [4.69, 9.17) is 27.9 Å². The molecule has 1 heterocycles. The van der Waals surface area contributed by atoms with Crippen LogP contribution < -0.4 is 4.74 Å². The van der Waals surface area contributed by atoms with Gasteiger partial charge in [-0.2, -0.15) is 0 Å². The van der Waals surface area contributed by atoms with Gasteiger partial charge in [0.05, 0.1) is 23.5 Å². The smallest absolute Gasteiger partial charge is 0.119 e. The SMILES string of the molecule is OCC(COc1ccc(Cl)cc1)c1ccc(Cl)s1. The van der Waals surface area contributed by atoms with Crippen molar-refractivity contribution in [1.29, 1.82) is 0 Å². The lowest BCUT2D eigenvalue weighted by atomic mass is 10.1. The zero-order chi connectivity index (χ0) is 13.0. The molecule has 0 saturated carbocycles. The molecule has 2 aromatic rings. The molecule has 1 atom stereocenters. The Kier molecular flexibility index (Phi) is 4.89. The van der Waals surface area contributed by atoms with Crippen LogP contribution in [0.15, 0.2) is 36.4 Å². The molecule has 0 saturated heterocycles. The Balaban J connectivity index is 1.97. The third-order valence-electron chi connectivity index (χ3n) is 2.48. The highest BCUT2D eigenvalue weighted by Gasteiger charge is 2.13. The fraction of sp³-hybridized carbons (Fsp3) is 0.231. The van der Waals surface area contributed by atoms with Gasteiger partial charge < -0.3 is 9.84 Å². The fourth-order valence-electron chi connectivity index (χ4n) is 1.50. The second kappa shape index (κ2) is 6.43. The van der Waals surface area contributed by atoms with Gasteiger partial charge in [-0.1, -0.05) is 23.2 Å². The van der Waals surface area contributed by atoms with Crippen molar-refractivity contribution >= 4 is 34.5 Å². The maximum absolute atomic E-state index is 9.37. The molecule has 1 aromatic carbocycles. The van der Waals surface area contributed by atoms with Crippen LogP contribution in [-0.4, -0.2) is 18.3 Å². The van der Waals surface area contributed by atoms with Gasteiger partial charge in [0.15, 0.2) is 0 Å². The maximum Gasteiger partial charge on any atom is 0.119 e. The van der Waals surface area contributed by atoms with E-state index in [1.807, 2.05) is 12.1 Å². The topological polar surface area (TPSA) is 29.5 Å². The van der Waals surface area contributed by atoms with Crippen molar-refractivity contribution in [3.63, 3.8) is 0 Å². The molecule has 0 aliphatic rings. The van der Waals surface area contributed by atoms with Crippen LogP contribution in [0.1, 0.15) is 10.8 Å². The van der Waals surface area contributed by atoms with Crippen molar-refractivity contribution in [3.8, 4) is 5.75 Å². The predicted molar refractivity (Wildman–Crippen MR) is 76.1 cm³/mol. The van der Waals surface area contributed by atoms with E-state index >= 15 is 0 Å². The van der Waals surface area contributed by atoms with Crippen LogP contribution in [0.2, 0.25) is 9.36 Å². The van der Waals surface area contributed by atoms with E-state index in [0.29, 0.717) is 11.6 Å². The molecule has 0 aliphatic heterocycles. The number of thiophene rings is 1. The van der Waals surface area contributed by atoms with Gasteiger partial charge in [0, 0.05) is 9.90 Å². The summed E-state index contributed by atoms with van der Waals surface area (Å²) in [4.78, 5) is 1.02. The minimum absolute atomic E-state index is 0.0322. The zero-order valence-corrected chi connectivity index (χ0v) is 11.8. The molecule has 96 valence electrons. The Morgan fingerprint density at radius 2 is 1.83 bits per heavy atom. The first kappa shape index (κ1) is 13.7. The van der Waals surface area contributed by atoms with Gasteiger partial charge >= 0.3 is 0 Å². The molecule has 1 unspecified atom stereocenters. The Bertz CT molecular complexity index is 496. The molecule has 0 bridgehead atoms. The number of rotatable bonds is 5. The first-order chi connectivity index (χ1) is 8.69. The second-order valence-corrected chi connectivity index (χ2v) is 5.97. The van der Waals surface area contributed by atoms with Gasteiger partial charge in [0.2, 0.25) is 0 Å². The molecule has 1 aromatic heterocycles. The molecule has 0 radical (unpaired) electrons. The van der Waals surface area contributed by atoms with E-state index in [-0.39, 0.29) is 12.5 Å². The van der Waals surface area contributed by atoms with Crippen molar-refractivity contribution in [1.82, 2.24) is 0 Å². The lowest BCUT2D eigenvalue weighted by molar-refractivity contribution is 0.207. The second-order valence-electron chi connectivity index (χ2n) is 3.79. The summed E-state index contributed by atoms with van der Waals surface area (Å²) in [6.45, 7) is 0.444. The number of hydrogen-bond donors (Lipinski definition) is 1. The molecule has 5 heteroatoms. The fourth-order valence-corrected chi connectivity index (χ4v) is 2.76. The summed E-state index contributed by atoms with van der Waals surface area (Å²) in [6, 6.07) is 10.9. The number of hydrogen-bond acceptors (Lipinski definition) is 3. The summed E-state index contributed by atoms with van der Waals surface area (Å²) < 4.78 is 6.34. The van der Waals surface area contributed by atoms with Crippen molar-refractivity contribution in [2.24, 2.45) is 0 Å². The summed E-state index contributed by atoms with van der Waals surface area (Å²) in [7, 11) is 0. The monoisotopic (exact) mass is 302 g/mol. The molecule has 0 spiro atoms. The number of aliphatic hydroxyl groups is 1. The van der Waals surface area contributed by atoms with Gasteiger partial charge in [-0.25, -0.2) is 0 Å². The van der Waals surface area contributed by atoms with Crippen LogP contribution in [0.4, 0.5) is 0 Å². The highest BCUT2D eigenvalue weighted by atomic mass is 35.5. The van der Waals surface area contributed by atoms with Gasteiger partial charge in [0.1, 0.15) is 5.75 Å². The number of benzene rings is 1. The highest BCUT2D eigenvalue weighted by molar-refractivity contribution is 7.16. The third-order valence-corrected chi connectivity index (χ3v) is 4.13. The minimum atomic E-state index is -0.0572. The molecule has 0 fully saturated rings. The van der Waals surface area contributed by atoms with Crippen LogP contribution in [0.25, 0.3) is 0 Å². The average molecular weight is 303 g/mol. The molecule has 1 N–H and O–H groups in total. The average Bonchev–Trinajstić information content (AvgIpc) is 2.79. The van der Waals surface area contributed by atoms with E-state index in [2.05, 4.69) is 0 Å². The number of aliphatic hydroxyl groups excluding tert-OH is 1. The van der Waals surface area contributed by atoms with E-state index in [0.717, 1.165) is 15.0 Å². The summed E-state index contributed by atoms with van der Waals surface area (Å²) in [5.41, 5.74) is 0. The van der Waals surface area contributed by atoms with Gasteiger partial charge in [-0.15, -0.1) is 11.3 Å². The summed E-state index contributed by atoms with van der Waals surface area (Å²) >= 11 is 13.1. The zero-order valence-electron chi connectivity index (χ0n) is 9.48. The molecule has 0 amide bonds. The standard InChI is InChI=1S/C13H12Cl2O2S/c14-10-1-3-11(4-2-10)17-8-9(7-16)12-5-6-13(15)18-12/h1-6,9,16H,7-8H2. The van der Waals surface area contributed by atoms with Crippen LogP contribution in [0, 0.1) is 0 Å². The predicted octanol–water partition coefficient (Wildman–Crippen LogP) is 4.21. The maximum atomic E-state index is 9.37. The Hall–Kier alpha value is -0.740. The van der Waals surface area contributed by atoms with Crippen LogP contribution in [0.5, 0.6) is 5.75 Å². The molecule has 0 aliphatic carbocycles. The van der Waals surface area contributed by atoms with Crippen molar-refractivity contribution in [2.75, 3.05) is 13.2 Å². The van der Waals surface area contributed by atoms with Crippen LogP contribution in [-0.2, 0) is 0 Å². The van der Waals surface area contributed by atoms with Gasteiger partial charge in [-0.05, 0) is 36.4 Å². The molecule has 2 rings (SSSR count). The van der Waals surface area contributed by atoms with Gasteiger partial charge in [-0.3, -0.25) is 0 Å². The molecular weight excluding hydrogens is 291 g/mol. The normalized spacial score (nSPS) is 12.4. The summed E-state index contributed by atoms with van der Waals surface area (Å²) in [5, 5.41) is 10.0. The Morgan fingerprint density at radius 1 is 1.11 bits per heavy atom. The van der Waals surface area contributed by atoms with E-state index in [1.54, 1.807) is 24.3 Å². The van der Waals surface area contributed by atoms with Crippen molar-refractivity contribution in [2.45, 2.75) is 5.92 Å². The molecular formula is C13H12Cl2O2S. The number of halogens is 2. The van der Waals surface area contributed by atoms with Crippen LogP contribution >= 0.6 is 34.5 Å². The van der Waals surface area contributed by atoms with Crippen LogP contribution in [0.3, 0.4) is 0 Å². The largest absolute Gasteiger partial charge is 0.493 e. The lowest BCUT2D eigenvalue weighted by Crippen LogP contribution is -2.12. The highest BCUT2D eigenvalue weighted by Crippen LogP contribution is 2.28. The van der Waals surface area contributed by atoms with E-state index in [1.165, 1.54) is 11.3 Å².